The first-order chi connectivity index (χ1) is 20.9. The van der Waals surface area contributed by atoms with Gasteiger partial charge in [0.2, 0.25) is 0 Å². The van der Waals surface area contributed by atoms with Crippen molar-refractivity contribution < 1.29 is 38.1 Å². The van der Waals surface area contributed by atoms with E-state index in [0.717, 1.165) is 27.8 Å². The average molecular weight is 603 g/mol. The van der Waals surface area contributed by atoms with Crippen molar-refractivity contribution in [3.8, 4) is 11.1 Å². The van der Waals surface area contributed by atoms with E-state index in [1.54, 1.807) is 45.0 Å². The molecule has 0 radical (unpaired) electrons. The maximum Gasteiger partial charge on any atom is 0.408 e. The summed E-state index contributed by atoms with van der Waals surface area (Å²) in [6.07, 6.45) is -2.84. The summed E-state index contributed by atoms with van der Waals surface area (Å²) in [7, 11) is 0. The van der Waals surface area contributed by atoms with Crippen molar-refractivity contribution in [2.45, 2.75) is 70.9 Å². The zero-order valence-corrected chi connectivity index (χ0v) is 25.5. The second-order valence-electron chi connectivity index (χ2n) is 11.6. The number of alkyl carbamates (subject to hydrolysis) is 2. The second kappa shape index (κ2) is 14.1. The Morgan fingerprint density at radius 3 is 1.89 bits per heavy atom. The smallest absolute Gasteiger partial charge is 0.408 e. The van der Waals surface area contributed by atoms with E-state index in [1.807, 2.05) is 54.6 Å². The average Bonchev–Trinajstić information content (AvgIpc) is 3.30. The fourth-order valence-corrected chi connectivity index (χ4v) is 4.85. The van der Waals surface area contributed by atoms with Gasteiger partial charge in [0.15, 0.2) is 6.04 Å². The van der Waals surface area contributed by atoms with Crippen molar-refractivity contribution in [2.24, 2.45) is 0 Å². The maximum atomic E-state index is 13.0. The van der Waals surface area contributed by atoms with E-state index in [-0.39, 0.29) is 19.1 Å². The Labute approximate surface area is 257 Å². The zero-order chi connectivity index (χ0) is 31.9. The first-order valence-corrected chi connectivity index (χ1v) is 14.4. The molecule has 0 bridgehead atoms. The van der Waals surface area contributed by atoms with Crippen LogP contribution in [0.2, 0.25) is 0 Å². The minimum absolute atomic E-state index is 0.0490. The Balaban J connectivity index is 1.34. The van der Waals surface area contributed by atoms with Gasteiger partial charge in [0.25, 0.3) is 0 Å². The number of nitrogens with one attached hydrogen (secondary N) is 2. The highest BCUT2D eigenvalue weighted by Gasteiger charge is 2.34. The first kappa shape index (κ1) is 32.1. The van der Waals surface area contributed by atoms with Gasteiger partial charge in [0.05, 0.1) is 0 Å². The summed E-state index contributed by atoms with van der Waals surface area (Å²) in [4.78, 5) is 51.1. The second-order valence-corrected chi connectivity index (χ2v) is 11.6. The highest BCUT2D eigenvalue weighted by atomic mass is 16.6. The third-order valence-corrected chi connectivity index (χ3v) is 6.95. The van der Waals surface area contributed by atoms with Gasteiger partial charge in [0.1, 0.15) is 31.0 Å². The number of carbonyl (C=O) groups is 4. The molecule has 0 spiro atoms. The molecule has 10 heteroatoms. The van der Waals surface area contributed by atoms with Crippen LogP contribution in [0.4, 0.5) is 9.59 Å². The molecule has 3 aromatic carbocycles. The highest BCUT2D eigenvalue weighted by molar-refractivity contribution is 5.84. The third-order valence-electron chi connectivity index (χ3n) is 6.95. The predicted molar refractivity (Wildman–Crippen MR) is 163 cm³/mol. The van der Waals surface area contributed by atoms with E-state index in [0.29, 0.717) is 0 Å². The maximum absolute atomic E-state index is 13.0. The zero-order valence-electron chi connectivity index (χ0n) is 25.5. The van der Waals surface area contributed by atoms with Gasteiger partial charge in [-0.3, -0.25) is 0 Å². The van der Waals surface area contributed by atoms with Crippen LogP contribution in [0.3, 0.4) is 0 Å². The van der Waals surface area contributed by atoms with E-state index in [1.165, 1.54) is 13.8 Å². The minimum Gasteiger partial charge on any atom is -0.459 e. The van der Waals surface area contributed by atoms with Crippen LogP contribution in [0.1, 0.15) is 57.2 Å². The summed E-state index contributed by atoms with van der Waals surface area (Å²) in [5.74, 6) is -1.80. The van der Waals surface area contributed by atoms with Crippen molar-refractivity contribution in [1.29, 1.82) is 0 Å². The molecule has 0 aliphatic heterocycles. The lowest BCUT2D eigenvalue weighted by Crippen LogP contribution is -2.52. The van der Waals surface area contributed by atoms with E-state index >= 15 is 0 Å². The molecule has 1 aliphatic carbocycles. The molecular weight excluding hydrogens is 564 g/mol. The van der Waals surface area contributed by atoms with Crippen LogP contribution < -0.4 is 10.6 Å². The molecule has 2 amide bonds. The Bertz CT molecular complexity index is 1440. The van der Waals surface area contributed by atoms with Crippen LogP contribution >= 0.6 is 0 Å². The third kappa shape index (κ3) is 8.37. The number of hydrogen-bond acceptors (Lipinski definition) is 8. The van der Waals surface area contributed by atoms with Gasteiger partial charge in [-0.1, -0.05) is 78.9 Å². The fraction of sp³-hybridized carbons (Fsp3) is 0.353. The standard InChI is InChI=1S/C34H38N2O8/c1-21(35-32(39)42-20-28-26-17-11-9-15-24(26)25-16-10-12-18-27(25)28)30(37)43-22(2)29(36-33(40)44-34(3,4)5)31(38)41-19-23-13-7-6-8-14-23/h6-18,21-22,28-29H,19-20H2,1-5H3,(H,35,39)(H,36,40)/t21-,22-,29+/m1/s1. The van der Waals surface area contributed by atoms with Crippen molar-refractivity contribution in [1.82, 2.24) is 10.6 Å². The number of rotatable bonds is 10. The van der Waals surface area contributed by atoms with Gasteiger partial charge in [-0.05, 0) is 62.4 Å². The van der Waals surface area contributed by atoms with Crippen LogP contribution in [-0.4, -0.2) is 54.5 Å². The number of esters is 2. The molecule has 0 saturated carbocycles. The van der Waals surface area contributed by atoms with E-state index in [9.17, 15) is 19.2 Å². The number of hydrogen-bond donors (Lipinski definition) is 2. The number of ether oxygens (including phenoxy) is 4. The molecule has 0 aromatic heterocycles. The van der Waals surface area contributed by atoms with Gasteiger partial charge in [-0.2, -0.15) is 0 Å². The summed E-state index contributed by atoms with van der Waals surface area (Å²) < 4.78 is 21.7. The van der Waals surface area contributed by atoms with Gasteiger partial charge >= 0.3 is 24.1 Å². The van der Waals surface area contributed by atoms with Crippen LogP contribution in [0.15, 0.2) is 78.9 Å². The molecular formula is C34H38N2O8. The minimum atomic E-state index is -1.38. The van der Waals surface area contributed by atoms with Crippen molar-refractivity contribution in [3.63, 3.8) is 0 Å². The lowest BCUT2D eigenvalue weighted by molar-refractivity contribution is -0.159. The van der Waals surface area contributed by atoms with E-state index < -0.39 is 47.9 Å². The van der Waals surface area contributed by atoms with E-state index in [2.05, 4.69) is 10.6 Å². The molecule has 2 N–H and O–H groups in total. The Hall–Kier alpha value is -4.86. The molecule has 232 valence electrons. The van der Waals surface area contributed by atoms with Crippen LogP contribution in [0, 0.1) is 0 Å². The summed E-state index contributed by atoms with van der Waals surface area (Å²) in [6.45, 7) is 7.92. The summed E-state index contributed by atoms with van der Waals surface area (Å²) in [6, 6.07) is 22.4. The number of benzene rings is 3. The molecule has 10 nitrogen and oxygen atoms in total. The molecule has 0 fully saturated rings. The lowest BCUT2D eigenvalue weighted by atomic mass is 9.98. The van der Waals surface area contributed by atoms with E-state index in [4.69, 9.17) is 18.9 Å². The largest absolute Gasteiger partial charge is 0.459 e. The van der Waals surface area contributed by atoms with Gasteiger partial charge in [-0.25, -0.2) is 19.2 Å². The molecule has 44 heavy (non-hydrogen) atoms. The highest BCUT2D eigenvalue weighted by Crippen LogP contribution is 2.44. The van der Waals surface area contributed by atoms with Crippen LogP contribution in [0.25, 0.3) is 11.1 Å². The van der Waals surface area contributed by atoms with Crippen LogP contribution in [-0.2, 0) is 35.1 Å². The van der Waals surface area contributed by atoms with Crippen molar-refractivity contribution in [3.05, 3.63) is 95.6 Å². The van der Waals surface area contributed by atoms with Gasteiger partial charge < -0.3 is 29.6 Å². The normalized spacial score (nSPS) is 14.2. The lowest BCUT2D eigenvalue weighted by Gasteiger charge is -2.27. The SMILES string of the molecule is C[C@@H](NC(=O)OCC1c2ccccc2-c2ccccc21)C(=O)O[C@H](C)[C@H](NC(=O)OC(C)(C)C)C(=O)OCc1ccccc1. The predicted octanol–water partition coefficient (Wildman–Crippen LogP) is 5.48. The van der Waals surface area contributed by atoms with Gasteiger partial charge in [-0.15, -0.1) is 0 Å². The Kier molecular flexibility index (Phi) is 10.3. The van der Waals surface area contributed by atoms with Crippen molar-refractivity contribution in [2.75, 3.05) is 6.61 Å². The quantitative estimate of drug-likeness (QED) is 0.231. The molecule has 4 rings (SSSR count). The van der Waals surface area contributed by atoms with Crippen molar-refractivity contribution >= 4 is 24.1 Å². The fourth-order valence-electron chi connectivity index (χ4n) is 4.85. The Morgan fingerprint density at radius 1 is 0.727 bits per heavy atom. The molecule has 3 aromatic rings. The summed E-state index contributed by atoms with van der Waals surface area (Å²) in [5.41, 5.74) is 4.22. The van der Waals surface area contributed by atoms with Crippen LogP contribution in [0.5, 0.6) is 0 Å². The molecule has 0 unspecified atom stereocenters. The molecule has 3 atom stereocenters. The number of fused-ring (bicyclic) bond motifs is 3. The molecule has 1 aliphatic rings. The van der Waals surface area contributed by atoms with Gasteiger partial charge in [0, 0.05) is 5.92 Å². The number of carbonyl (C=O) groups excluding carboxylic acids is 4. The molecule has 0 heterocycles. The number of amides is 2. The topological polar surface area (TPSA) is 129 Å². The Morgan fingerprint density at radius 2 is 1.30 bits per heavy atom. The summed E-state index contributed by atoms with van der Waals surface area (Å²) >= 11 is 0. The summed E-state index contributed by atoms with van der Waals surface area (Å²) in [5, 5.41) is 4.92. The molecule has 0 saturated heterocycles. The monoisotopic (exact) mass is 602 g/mol. The first-order valence-electron chi connectivity index (χ1n) is 14.4.